The zero-order valence-corrected chi connectivity index (χ0v) is 18.1. The lowest BCUT2D eigenvalue weighted by molar-refractivity contribution is 0.257. The van der Waals surface area contributed by atoms with Crippen LogP contribution >= 0.6 is 0 Å². The molecule has 1 aliphatic heterocycles. The quantitative estimate of drug-likeness (QED) is 0.397. The second kappa shape index (κ2) is 8.86. The van der Waals surface area contributed by atoms with Crippen LogP contribution in [0.25, 0.3) is 22.0 Å². The van der Waals surface area contributed by atoms with E-state index in [1.54, 1.807) is 12.1 Å². The normalized spacial score (nSPS) is 14.8. The van der Waals surface area contributed by atoms with E-state index in [4.69, 9.17) is 4.74 Å². The summed E-state index contributed by atoms with van der Waals surface area (Å²) in [6.45, 7) is 0.372. The summed E-state index contributed by atoms with van der Waals surface area (Å²) in [7, 11) is -1.60. The first-order chi connectivity index (χ1) is 15.6. The van der Waals surface area contributed by atoms with Gasteiger partial charge in [-0.1, -0.05) is 30.3 Å². The number of aliphatic hydroxyl groups excluding tert-OH is 1. The van der Waals surface area contributed by atoms with Gasteiger partial charge in [-0.05, 0) is 59.0 Å². The minimum absolute atomic E-state index is 0.161. The topological polar surface area (TPSA) is 74.4 Å². The van der Waals surface area contributed by atoms with Crippen LogP contribution < -0.4 is 9.46 Å². The zero-order chi connectivity index (χ0) is 22.1. The minimum atomic E-state index is -1.60. The first-order valence-corrected chi connectivity index (χ1v) is 11.7. The highest BCUT2D eigenvalue weighted by atomic mass is 32.2. The molecule has 1 aromatic heterocycles. The maximum absolute atomic E-state index is 13.4. The lowest BCUT2D eigenvalue weighted by atomic mass is 10.0. The van der Waals surface area contributed by atoms with E-state index in [1.807, 2.05) is 42.6 Å². The van der Waals surface area contributed by atoms with Crippen molar-refractivity contribution in [3.05, 3.63) is 83.8 Å². The zero-order valence-electron chi connectivity index (χ0n) is 17.3. The first-order valence-electron chi connectivity index (χ1n) is 10.5. The Hall–Kier alpha value is -3.00. The largest absolute Gasteiger partial charge is 0.492 e. The lowest BCUT2D eigenvalue weighted by Crippen LogP contribution is -2.36. The molecule has 2 heterocycles. The van der Waals surface area contributed by atoms with Crippen LogP contribution in [0.5, 0.6) is 5.75 Å². The van der Waals surface area contributed by atoms with Gasteiger partial charge >= 0.3 is 0 Å². The Bertz CT molecular complexity index is 1290. The van der Waals surface area contributed by atoms with Crippen molar-refractivity contribution in [1.29, 1.82) is 0 Å². The van der Waals surface area contributed by atoms with Gasteiger partial charge in [0.25, 0.3) is 0 Å². The smallest absolute Gasteiger partial charge is 0.140 e. The molecule has 2 atom stereocenters. The Morgan fingerprint density at radius 3 is 2.75 bits per heavy atom. The molecular weight excluding hydrogens is 427 g/mol. The molecule has 32 heavy (non-hydrogen) atoms. The van der Waals surface area contributed by atoms with Gasteiger partial charge in [0.15, 0.2) is 0 Å². The minimum Gasteiger partial charge on any atom is -0.492 e. The van der Waals surface area contributed by atoms with Gasteiger partial charge in [-0.2, -0.15) is 0 Å². The summed E-state index contributed by atoms with van der Waals surface area (Å²) in [5.74, 6) is 0.331. The van der Waals surface area contributed by atoms with Gasteiger partial charge in [-0.25, -0.2) is 13.3 Å². The molecule has 0 amide bonds. The van der Waals surface area contributed by atoms with Crippen LogP contribution in [-0.4, -0.2) is 33.6 Å². The second-order valence-corrected chi connectivity index (χ2v) is 9.11. The molecule has 1 aliphatic rings. The van der Waals surface area contributed by atoms with Crippen molar-refractivity contribution >= 4 is 21.9 Å². The van der Waals surface area contributed by atoms with E-state index < -0.39 is 17.0 Å². The van der Waals surface area contributed by atoms with Gasteiger partial charge in [0.1, 0.15) is 22.6 Å². The number of aliphatic hydroxyl groups is 1. The summed E-state index contributed by atoms with van der Waals surface area (Å²) in [4.78, 5) is 3.77. The average Bonchev–Trinajstić information content (AvgIpc) is 3.45. The number of nitrogens with one attached hydrogen (secondary N) is 2. The highest BCUT2D eigenvalue weighted by molar-refractivity contribution is 7.83. The number of benzene rings is 3. The molecule has 0 saturated carbocycles. The number of para-hydroxylation sites is 1. The van der Waals surface area contributed by atoms with E-state index >= 15 is 0 Å². The van der Waals surface area contributed by atoms with Gasteiger partial charge in [-0.15, -0.1) is 0 Å². The molecule has 7 heteroatoms. The fourth-order valence-electron chi connectivity index (χ4n) is 4.14. The van der Waals surface area contributed by atoms with Crippen molar-refractivity contribution < 1.29 is 18.4 Å². The van der Waals surface area contributed by atoms with Gasteiger partial charge in [0.05, 0.1) is 18.1 Å². The molecule has 4 aromatic rings. The summed E-state index contributed by atoms with van der Waals surface area (Å²) in [5.41, 5.74) is 4.76. The summed E-state index contributed by atoms with van der Waals surface area (Å²) in [5, 5.41) is 11.1. The van der Waals surface area contributed by atoms with Crippen LogP contribution in [0, 0.1) is 5.82 Å². The molecule has 3 N–H and O–H groups in total. The molecular formula is C25H23FN2O3S. The fraction of sp³-hybridized carbons (Fsp3) is 0.200. The van der Waals surface area contributed by atoms with Crippen LogP contribution in [-0.2, 0) is 23.8 Å². The summed E-state index contributed by atoms with van der Waals surface area (Å²) in [6, 6.07) is 17.6. The Labute approximate surface area is 187 Å². The van der Waals surface area contributed by atoms with Crippen molar-refractivity contribution in [2.24, 2.45) is 0 Å². The molecule has 0 aliphatic carbocycles. The molecule has 1 unspecified atom stereocenters. The maximum atomic E-state index is 13.4. The molecule has 0 fully saturated rings. The van der Waals surface area contributed by atoms with Gasteiger partial charge < -0.3 is 14.8 Å². The number of hydrogen-bond acceptors (Lipinski definition) is 3. The molecule has 0 radical (unpaired) electrons. The van der Waals surface area contributed by atoms with E-state index in [2.05, 4.69) is 9.71 Å². The Kier molecular flexibility index (Phi) is 5.78. The van der Waals surface area contributed by atoms with Crippen molar-refractivity contribution in [2.75, 3.05) is 13.2 Å². The number of fused-ring (bicyclic) bond motifs is 2. The molecule has 5 nitrogen and oxygen atoms in total. The van der Waals surface area contributed by atoms with E-state index in [0.29, 0.717) is 23.7 Å². The number of ether oxygens (including phenoxy) is 1. The lowest BCUT2D eigenvalue weighted by Gasteiger charge is -2.17. The molecule has 5 rings (SSSR count). The Morgan fingerprint density at radius 2 is 1.94 bits per heavy atom. The number of aromatic nitrogens is 1. The SMILES string of the molecule is O=S(N[C@@H](CO)Cc1c[nH]c2ccccc12)c1cc(-c2ccc(F)cc2)cc2c1OCC2. The standard InChI is InChI=1S/C25H23FN2O3S/c26-20-7-5-16(6-8-20)18-11-17-9-10-31-25(17)24(13-18)32(30)28-21(15-29)12-19-14-27-23-4-2-1-3-22(19)23/h1-8,11,13-14,21,27-29H,9-10,12,15H2/t21-,32?/m1/s1. The van der Waals surface area contributed by atoms with Gasteiger partial charge in [0.2, 0.25) is 0 Å². The molecule has 0 bridgehead atoms. The highest BCUT2D eigenvalue weighted by Crippen LogP contribution is 2.36. The molecule has 0 spiro atoms. The van der Waals surface area contributed by atoms with Crippen LogP contribution in [0.2, 0.25) is 0 Å². The third-order valence-electron chi connectivity index (χ3n) is 5.76. The van der Waals surface area contributed by atoms with Crippen LogP contribution in [0.4, 0.5) is 4.39 Å². The van der Waals surface area contributed by atoms with E-state index in [-0.39, 0.29) is 12.4 Å². The van der Waals surface area contributed by atoms with Crippen molar-refractivity contribution in [3.8, 4) is 16.9 Å². The monoisotopic (exact) mass is 450 g/mol. The van der Waals surface area contributed by atoms with Gasteiger partial charge in [-0.3, -0.25) is 0 Å². The first kappa shape index (κ1) is 20.9. The third-order valence-corrected chi connectivity index (χ3v) is 7.01. The average molecular weight is 451 g/mol. The third kappa shape index (κ3) is 4.07. The number of hydrogen-bond donors (Lipinski definition) is 3. The van der Waals surface area contributed by atoms with Crippen molar-refractivity contribution in [1.82, 2.24) is 9.71 Å². The highest BCUT2D eigenvalue weighted by Gasteiger charge is 2.24. The predicted octanol–water partition coefficient (Wildman–Crippen LogP) is 4.12. The van der Waals surface area contributed by atoms with Crippen LogP contribution in [0.1, 0.15) is 11.1 Å². The number of aromatic amines is 1. The fourth-order valence-corrected chi connectivity index (χ4v) is 5.32. The second-order valence-electron chi connectivity index (χ2n) is 7.90. The number of halogens is 1. The van der Waals surface area contributed by atoms with Gasteiger partial charge in [0, 0.05) is 29.6 Å². The van der Waals surface area contributed by atoms with E-state index in [0.717, 1.165) is 39.6 Å². The maximum Gasteiger partial charge on any atom is 0.140 e. The Balaban J connectivity index is 1.42. The van der Waals surface area contributed by atoms with E-state index in [1.165, 1.54) is 12.1 Å². The number of rotatable bonds is 7. The van der Waals surface area contributed by atoms with E-state index in [9.17, 15) is 13.7 Å². The molecule has 3 aromatic carbocycles. The number of H-pyrrole nitrogens is 1. The van der Waals surface area contributed by atoms with Crippen LogP contribution in [0.3, 0.4) is 0 Å². The predicted molar refractivity (Wildman–Crippen MR) is 123 cm³/mol. The summed E-state index contributed by atoms with van der Waals surface area (Å²) in [6.07, 6.45) is 3.17. The summed E-state index contributed by atoms with van der Waals surface area (Å²) >= 11 is 0. The summed E-state index contributed by atoms with van der Waals surface area (Å²) < 4.78 is 35.6. The van der Waals surface area contributed by atoms with Crippen LogP contribution in [0.15, 0.2) is 71.8 Å². The van der Waals surface area contributed by atoms with Crippen molar-refractivity contribution in [3.63, 3.8) is 0 Å². The Morgan fingerprint density at radius 1 is 1.12 bits per heavy atom. The molecule has 164 valence electrons. The molecule has 0 saturated heterocycles. The van der Waals surface area contributed by atoms with Crippen molar-refractivity contribution in [2.45, 2.75) is 23.8 Å².